The Balaban J connectivity index is 1.42. The molecule has 0 spiro atoms. The lowest BCUT2D eigenvalue weighted by molar-refractivity contribution is -0.142. The number of para-hydroxylation sites is 1. The predicted octanol–water partition coefficient (Wildman–Crippen LogP) is 1.52. The van der Waals surface area contributed by atoms with Gasteiger partial charge >= 0.3 is 12.0 Å². The molecule has 1 aromatic carbocycles. The Morgan fingerprint density at radius 2 is 1.84 bits per heavy atom. The van der Waals surface area contributed by atoms with E-state index in [2.05, 4.69) is 10.6 Å². The summed E-state index contributed by atoms with van der Waals surface area (Å²) in [5, 5.41) is 14.4. The molecule has 7 heteroatoms. The summed E-state index contributed by atoms with van der Waals surface area (Å²) in [7, 11) is 0. The van der Waals surface area contributed by atoms with Crippen LogP contribution in [-0.2, 0) is 16.0 Å². The molecule has 134 valence electrons. The van der Waals surface area contributed by atoms with Crippen molar-refractivity contribution >= 4 is 23.6 Å². The molecule has 3 amide bonds. The number of carbonyl (C=O) groups is 3. The van der Waals surface area contributed by atoms with Crippen LogP contribution in [0.2, 0.25) is 0 Å². The molecule has 0 aromatic heterocycles. The van der Waals surface area contributed by atoms with Crippen LogP contribution in [0.5, 0.6) is 0 Å². The van der Waals surface area contributed by atoms with Crippen molar-refractivity contribution < 1.29 is 19.5 Å². The molecule has 0 radical (unpaired) electrons. The highest BCUT2D eigenvalue weighted by Gasteiger charge is 2.27. The Labute approximate surface area is 146 Å². The highest BCUT2D eigenvalue weighted by Crippen LogP contribution is 2.27. The third kappa shape index (κ3) is 4.10. The highest BCUT2D eigenvalue weighted by molar-refractivity contribution is 5.98. The van der Waals surface area contributed by atoms with Crippen molar-refractivity contribution in [3.8, 4) is 0 Å². The van der Waals surface area contributed by atoms with Crippen molar-refractivity contribution in [3.63, 3.8) is 0 Å². The zero-order chi connectivity index (χ0) is 17.8. The van der Waals surface area contributed by atoms with Crippen molar-refractivity contribution in [2.24, 2.45) is 5.92 Å². The minimum Gasteiger partial charge on any atom is -0.481 e. The summed E-state index contributed by atoms with van der Waals surface area (Å²) in [4.78, 5) is 37.0. The van der Waals surface area contributed by atoms with Gasteiger partial charge in [0.25, 0.3) is 0 Å². The van der Waals surface area contributed by atoms with Gasteiger partial charge in [0.1, 0.15) is 0 Å². The van der Waals surface area contributed by atoms with E-state index in [1.165, 1.54) is 0 Å². The second kappa shape index (κ2) is 7.55. The number of nitrogens with zero attached hydrogens (tertiary/aromatic N) is 1. The zero-order valence-electron chi connectivity index (χ0n) is 14.0. The number of benzene rings is 1. The van der Waals surface area contributed by atoms with Crippen molar-refractivity contribution in [1.29, 1.82) is 0 Å². The van der Waals surface area contributed by atoms with Crippen LogP contribution in [-0.4, -0.2) is 42.1 Å². The van der Waals surface area contributed by atoms with E-state index >= 15 is 0 Å². The Hall–Kier alpha value is -2.57. The molecule has 0 bridgehead atoms. The molecule has 1 aromatic rings. The summed E-state index contributed by atoms with van der Waals surface area (Å²) >= 11 is 0. The van der Waals surface area contributed by atoms with Gasteiger partial charge in [0.15, 0.2) is 0 Å². The van der Waals surface area contributed by atoms with Gasteiger partial charge in [-0.05, 0) is 43.7 Å². The third-order valence-corrected chi connectivity index (χ3v) is 5.00. The molecule has 0 saturated heterocycles. The number of anilines is 1. The molecule has 1 saturated carbocycles. The first-order valence-electron chi connectivity index (χ1n) is 8.70. The number of urea groups is 1. The molecule has 7 nitrogen and oxygen atoms in total. The minimum absolute atomic E-state index is 0.0294. The van der Waals surface area contributed by atoms with Gasteiger partial charge < -0.3 is 20.6 Å². The smallest absolute Gasteiger partial charge is 0.315 e. The van der Waals surface area contributed by atoms with E-state index in [1.807, 2.05) is 24.3 Å². The second-order valence-electron chi connectivity index (χ2n) is 6.64. The number of carboxylic acids is 1. The van der Waals surface area contributed by atoms with Gasteiger partial charge in [-0.15, -0.1) is 0 Å². The molecule has 3 rings (SSSR count). The van der Waals surface area contributed by atoms with Crippen molar-refractivity contribution in [2.45, 2.75) is 38.1 Å². The summed E-state index contributed by atoms with van der Waals surface area (Å²) in [6, 6.07) is 7.38. The maximum atomic E-state index is 12.3. The molecule has 2 aliphatic rings. The van der Waals surface area contributed by atoms with Crippen LogP contribution in [0, 0.1) is 5.92 Å². The second-order valence-corrected chi connectivity index (χ2v) is 6.64. The molecule has 25 heavy (non-hydrogen) atoms. The number of hydrogen-bond acceptors (Lipinski definition) is 3. The van der Waals surface area contributed by atoms with Crippen LogP contribution in [0.1, 0.15) is 31.2 Å². The number of fused-ring (bicyclic) bond motifs is 1. The largest absolute Gasteiger partial charge is 0.481 e. The minimum atomic E-state index is -0.764. The summed E-state index contributed by atoms with van der Waals surface area (Å²) in [5.74, 6) is -1.20. The first kappa shape index (κ1) is 17.3. The lowest BCUT2D eigenvalue weighted by Crippen LogP contribution is -2.47. The normalized spacial score (nSPS) is 22.2. The summed E-state index contributed by atoms with van der Waals surface area (Å²) in [6.45, 7) is 0.589. The van der Waals surface area contributed by atoms with E-state index in [9.17, 15) is 14.4 Å². The molecular formula is C18H23N3O4. The first-order chi connectivity index (χ1) is 12.0. The van der Waals surface area contributed by atoms with Crippen LogP contribution < -0.4 is 15.5 Å². The molecule has 0 atom stereocenters. The average molecular weight is 345 g/mol. The van der Waals surface area contributed by atoms with E-state index < -0.39 is 5.97 Å². The lowest BCUT2D eigenvalue weighted by Gasteiger charge is -2.27. The summed E-state index contributed by atoms with van der Waals surface area (Å²) in [5.41, 5.74) is 2.07. The molecule has 1 aliphatic heterocycles. The van der Waals surface area contributed by atoms with Gasteiger partial charge in [0.05, 0.1) is 12.5 Å². The topological polar surface area (TPSA) is 98.7 Å². The maximum absolute atomic E-state index is 12.3. The number of hydrogen-bond donors (Lipinski definition) is 3. The van der Waals surface area contributed by atoms with Gasteiger partial charge in [-0.1, -0.05) is 18.2 Å². The fourth-order valence-corrected chi connectivity index (χ4v) is 3.57. The molecular weight excluding hydrogens is 322 g/mol. The molecule has 1 aliphatic carbocycles. The van der Waals surface area contributed by atoms with Gasteiger partial charge in [0, 0.05) is 18.3 Å². The lowest BCUT2D eigenvalue weighted by atomic mass is 9.86. The molecule has 3 N–H and O–H groups in total. The van der Waals surface area contributed by atoms with Gasteiger partial charge in [0.2, 0.25) is 5.91 Å². The van der Waals surface area contributed by atoms with Crippen molar-refractivity contribution in [1.82, 2.24) is 10.6 Å². The number of rotatable bonds is 4. The van der Waals surface area contributed by atoms with E-state index in [1.54, 1.807) is 4.90 Å². The number of amides is 3. The fraction of sp³-hybridized carbons (Fsp3) is 0.500. The summed E-state index contributed by atoms with van der Waals surface area (Å²) in [6.07, 6.45) is 3.28. The van der Waals surface area contributed by atoms with Crippen LogP contribution in [0.3, 0.4) is 0 Å². The van der Waals surface area contributed by atoms with E-state index in [0.717, 1.165) is 17.7 Å². The Kier molecular flexibility index (Phi) is 5.21. The zero-order valence-corrected chi connectivity index (χ0v) is 14.0. The highest BCUT2D eigenvalue weighted by atomic mass is 16.4. The quantitative estimate of drug-likeness (QED) is 0.770. The van der Waals surface area contributed by atoms with E-state index in [-0.39, 0.29) is 30.4 Å². The Morgan fingerprint density at radius 3 is 2.56 bits per heavy atom. The van der Waals surface area contributed by atoms with Crippen LogP contribution in [0.15, 0.2) is 24.3 Å². The Bertz CT molecular complexity index is 668. The van der Waals surface area contributed by atoms with Crippen LogP contribution >= 0.6 is 0 Å². The third-order valence-electron chi connectivity index (χ3n) is 5.00. The maximum Gasteiger partial charge on any atom is 0.315 e. The standard InChI is InChI=1S/C18H23N3O4/c22-16(21-10-9-12-3-1-2-4-15(12)21)11-19-18(25)20-14-7-5-13(6-8-14)17(23)24/h1-4,13-14H,5-11H2,(H,23,24)(H2,19,20,25). The van der Waals surface area contributed by atoms with Crippen molar-refractivity contribution in [3.05, 3.63) is 29.8 Å². The van der Waals surface area contributed by atoms with Gasteiger partial charge in [-0.25, -0.2) is 4.79 Å². The monoisotopic (exact) mass is 345 g/mol. The number of carbonyl (C=O) groups excluding carboxylic acids is 2. The molecule has 1 heterocycles. The van der Waals surface area contributed by atoms with E-state index in [0.29, 0.717) is 32.2 Å². The van der Waals surface area contributed by atoms with Crippen LogP contribution in [0.25, 0.3) is 0 Å². The number of nitrogens with one attached hydrogen (secondary N) is 2. The number of carboxylic acid groups (broad SMARTS) is 1. The molecule has 0 unspecified atom stereocenters. The number of aliphatic carboxylic acids is 1. The Morgan fingerprint density at radius 1 is 1.12 bits per heavy atom. The molecule has 1 fully saturated rings. The van der Waals surface area contributed by atoms with Crippen molar-refractivity contribution in [2.75, 3.05) is 18.0 Å². The van der Waals surface area contributed by atoms with Gasteiger partial charge in [-0.3, -0.25) is 9.59 Å². The average Bonchev–Trinajstić information content (AvgIpc) is 3.04. The SMILES string of the molecule is O=C(NCC(=O)N1CCc2ccccc21)NC1CCC(C(=O)O)CC1. The van der Waals surface area contributed by atoms with E-state index in [4.69, 9.17) is 5.11 Å². The van der Waals surface area contributed by atoms with Gasteiger partial charge in [-0.2, -0.15) is 0 Å². The first-order valence-corrected chi connectivity index (χ1v) is 8.70. The fourth-order valence-electron chi connectivity index (χ4n) is 3.57. The van der Waals surface area contributed by atoms with Crippen LogP contribution in [0.4, 0.5) is 10.5 Å². The predicted molar refractivity (Wildman–Crippen MR) is 92.4 cm³/mol. The summed E-state index contributed by atoms with van der Waals surface area (Å²) < 4.78 is 0.